The van der Waals surface area contributed by atoms with Gasteiger partial charge >= 0.3 is 0 Å². The second-order valence-corrected chi connectivity index (χ2v) is 15.0. The molecule has 8 nitrogen and oxygen atoms in total. The quantitative estimate of drug-likeness (QED) is 0.0631. The molecule has 0 N–H and O–H groups in total. The Morgan fingerprint density at radius 1 is 0.397 bits per heavy atom. The van der Waals surface area contributed by atoms with Crippen molar-refractivity contribution in [2.24, 2.45) is 0 Å². The average molecular weight is 777 g/mol. The molecular formula is C50H48O8. The van der Waals surface area contributed by atoms with Gasteiger partial charge in [-0.2, -0.15) is 0 Å². The summed E-state index contributed by atoms with van der Waals surface area (Å²) in [7, 11) is 0. The summed E-state index contributed by atoms with van der Waals surface area (Å²) < 4.78 is 47.0. The van der Waals surface area contributed by atoms with Gasteiger partial charge in [-0.25, -0.2) is 0 Å². The van der Waals surface area contributed by atoms with Gasteiger partial charge in [0, 0.05) is 17.0 Å². The highest BCUT2D eigenvalue weighted by Crippen LogP contribution is 2.45. The van der Waals surface area contributed by atoms with E-state index in [2.05, 4.69) is 109 Å². The smallest absolute Gasteiger partial charge is 0.123 e. The molecule has 0 amide bonds. The van der Waals surface area contributed by atoms with E-state index < -0.39 is 0 Å². The van der Waals surface area contributed by atoms with Crippen molar-refractivity contribution >= 4 is 0 Å². The number of ether oxygens (including phenoxy) is 8. The molecule has 296 valence electrons. The number of epoxide rings is 4. The first-order chi connectivity index (χ1) is 28.2. The van der Waals surface area contributed by atoms with Crippen LogP contribution in [-0.4, -0.2) is 77.3 Å². The lowest BCUT2D eigenvalue weighted by Crippen LogP contribution is -2.13. The Hall–Kier alpha value is -5.64. The van der Waals surface area contributed by atoms with Crippen molar-refractivity contribution in [2.75, 3.05) is 52.9 Å². The second-order valence-electron chi connectivity index (χ2n) is 15.0. The zero-order chi connectivity index (χ0) is 38.0. The lowest BCUT2D eigenvalue weighted by Gasteiger charge is -2.26. The van der Waals surface area contributed by atoms with Gasteiger partial charge in [-0.15, -0.1) is 0 Å². The highest BCUT2D eigenvalue weighted by molar-refractivity contribution is 5.72. The van der Waals surface area contributed by atoms with Crippen molar-refractivity contribution in [3.63, 3.8) is 0 Å². The topological polar surface area (TPSA) is 87.0 Å². The third kappa shape index (κ3) is 9.38. The van der Waals surface area contributed by atoms with Crippen molar-refractivity contribution in [1.29, 1.82) is 0 Å². The van der Waals surface area contributed by atoms with Gasteiger partial charge in [-0.1, -0.05) is 98.4 Å². The monoisotopic (exact) mass is 776 g/mol. The summed E-state index contributed by atoms with van der Waals surface area (Å²) in [5.74, 6) is 3.00. The summed E-state index contributed by atoms with van der Waals surface area (Å²) in [4.78, 5) is 0. The Balaban J connectivity index is 0.00000436. The highest BCUT2D eigenvalue weighted by atomic mass is 16.6. The third-order valence-corrected chi connectivity index (χ3v) is 10.7. The number of benzene rings is 6. The van der Waals surface area contributed by atoms with Crippen LogP contribution in [0.1, 0.15) is 30.0 Å². The first-order valence-electron chi connectivity index (χ1n) is 19.8. The van der Waals surface area contributed by atoms with Crippen LogP contribution in [0.25, 0.3) is 33.4 Å². The van der Waals surface area contributed by atoms with Crippen molar-refractivity contribution in [3.8, 4) is 56.4 Å². The van der Waals surface area contributed by atoms with E-state index in [1.165, 1.54) is 5.56 Å². The summed E-state index contributed by atoms with van der Waals surface area (Å²) in [5, 5.41) is 0. The lowest BCUT2D eigenvalue weighted by atomic mass is 9.81. The zero-order valence-electron chi connectivity index (χ0n) is 31.6. The Labute approximate surface area is 340 Å². The molecule has 0 bridgehead atoms. The van der Waals surface area contributed by atoms with Gasteiger partial charge in [0.15, 0.2) is 0 Å². The van der Waals surface area contributed by atoms with Crippen LogP contribution in [-0.2, 0) is 18.9 Å². The summed E-state index contributed by atoms with van der Waals surface area (Å²) >= 11 is 0. The van der Waals surface area contributed by atoms with E-state index in [4.69, 9.17) is 37.9 Å². The minimum Gasteiger partial charge on any atom is -0.491 e. The molecule has 0 aliphatic carbocycles. The molecule has 6 aromatic carbocycles. The van der Waals surface area contributed by atoms with E-state index in [-0.39, 0.29) is 37.8 Å². The fourth-order valence-electron chi connectivity index (χ4n) is 7.08. The van der Waals surface area contributed by atoms with Crippen LogP contribution in [0, 0.1) is 0 Å². The predicted molar refractivity (Wildman–Crippen MR) is 224 cm³/mol. The van der Waals surface area contributed by atoms with Crippen LogP contribution in [0.4, 0.5) is 0 Å². The molecule has 4 saturated heterocycles. The molecule has 4 atom stereocenters. The van der Waals surface area contributed by atoms with Crippen molar-refractivity contribution in [3.05, 3.63) is 156 Å². The van der Waals surface area contributed by atoms with Crippen LogP contribution in [0.3, 0.4) is 0 Å². The van der Waals surface area contributed by atoms with Crippen molar-refractivity contribution < 1.29 is 37.9 Å². The Morgan fingerprint density at radius 3 is 1.16 bits per heavy atom. The van der Waals surface area contributed by atoms with Crippen molar-refractivity contribution in [1.82, 2.24) is 0 Å². The molecule has 4 aliphatic heterocycles. The molecule has 58 heavy (non-hydrogen) atoms. The Bertz CT molecular complexity index is 2150. The van der Waals surface area contributed by atoms with Gasteiger partial charge in [0.25, 0.3) is 0 Å². The molecule has 0 aromatic heterocycles. The van der Waals surface area contributed by atoms with E-state index in [1.807, 2.05) is 30.3 Å². The number of hydrogen-bond donors (Lipinski definition) is 0. The molecular weight excluding hydrogens is 729 g/mol. The number of rotatable bonds is 18. The fraction of sp³-hybridized carbons (Fsp3) is 0.280. The number of hydrogen-bond acceptors (Lipinski definition) is 8. The van der Waals surface area contributed by atoms with E-state index in [1.54, 1.807) is 0 Å². The molecule has 0 saturated carbocycles. The van der Waals surface area contributed by atoms with Crippen LogP contribution >= 0.6 is 0 Å². The van der Waals surface area contributed by atoms with Crippen LogP contribution in [0.2, 0.25) is 0 Å². The van der Waals surface area contributed by atoms with Gasteiger partial charge in [-0.3, -0.25) is 0 Å². The molecule has 0 radical (unpaired) electrons. The van der Waals surface area contributed by atoms with E-state index >= 15 is 0 Å². The van der Waals surface area contributed by atoms with E-state index in [0.29, 0.717) is 39.6 Å². The molecule has 0 spiro atoms. The Morgan fingerprint density at radius 2 is 0.741 bits per heavy atom. The SMILES string of the molecule is C.c1ccc(-c2ccc(C(c3cc(-c4ccc(OCC5CO5)cc4)ccc3OCC3CO3)c3cc(-c4ccc(OCC5CO5)cc4)ccc3OCC3CO3)cc2)cc1. The maximum absolute atomic E-state index is 6.63. The Kier molecular flexibility index (Phi) is 11.2. The predicted octanol–water partition coefficient (Wildman–Crippen LogP) is 9.61. The molecule has 6 aromatic rings. The fourth-order valence-corrected chi connectivity index (χ4v) is 7.08. The largest absolute Gasteiger partial charge is 0.491 e. The molecule has 10 rings (SSSR count). The summed E-state index contributed by atoms with van der Waals surface area (Å²) in [6, 6.07) is 48.9. The highest BCUT2D eigenvalue weighted by Gasteiger charge is 2.30. The van der Waals surface area contributed by atoms with Gasteiger partial charge in [0.1, 0.15) is 73.8 Å². The molecule has 4 heterocycles. The van der Waals surface area contributed by atoms with E-state index in [9.17, 15) is 0 Å². The van der Waals surface area contributed by atoms with Crippen LogP contribution in [0.5, 0.6) is 23.0 Å². The maximum Gasteiger partial charge on any atom is 0.123 e. The van der Waals surface area contributed by atoms with Gasteiger partial charge in [0.2, 0.25) is 0 Å². The van der Waals surface area contributed by atoms with Gasteiger partial charge in [-0.05, 0) is 87.5 Å². The van der Waals surface area contributed by atoms with Crippen LogP contribution < -0.4 is 18.9 Å². The zero-order valence-corrected chi connectivity index (χ0v) is 31.6. The van der Waals surface area contributed by atoms with Crippen LogP contribution in [0.15, 0.2) is 140 Å². The standard InChI is InChI=1S/C49H44O8.CH4/c1-2-4-32(5-3-1)33-6-8-36(9-7-33)49(45-22-37(14-20-47(45)56-30-43-28-54-43)34-10-16-39(17-11-34)50-24-41-26-52-41)46-23-38(15-21-48(46)57-31-44-29-55-44)35-12-18-40(19-13-35)51-25-42-27-53-42;/h1-23,41-44,49H,24-31H2;1H4. The molecule has 4 fully saturated rings. The molecule has 8 heteroatoms. The first-order valence-corrected chi connectivity index (χ1v) is 19.8. The van der Waals surface area contributed by atoms with Gasteiger partial charge < -0.3 is 37.9 Å². The van der Waals surface area contributed by atoms with Crippen molar-refractivity contribution in [2.45, 2.75) is 37.8 Å². The average Bonchev–Trinajstić information content (AvgIpc) is 4.06. The third-order valence-electron chi connectivity index (χ3n) is 10.7. The molecule has 4 unspecified atom stereocenters. The summed E-state index contributed by atoms with van der Waals surface area (Å²) in [6.07, 6.45) is 0.590. The summed E-state index contributed by atoms with van der Waals surface area (Å²) in [5.41, 5.74) is 9.78. The second kappa shape index (κ2) is 17.1. The minimum absolute atomic E-state index is 0. The van der Waals surface area contributed by atoms with E-state index in [0.717, 1.165) is 80.7 Å². The summed E-state index contributed by atoms with van der Waals surface area (Å²) in [6.45, 7) is 5.03. The van der Waals surface area contributed by atoms with Gasteiger partial charge in [0.05, 0.1) is 26.4 Å². The minimum atomic E-state index is -0.262. The molecule has 4 aliphatic rings. The normalized spacial score (nSPS) is 20.3. The maximum atomic E-state index is 6.63. The first kappa shape index (κ1) is 37.9. The lowest BCUT2D eigenvalue weighted by molar-refractivity contribution is 0.258.